The second-order valence-electron chi connectivity index (χ2n) is 4.49. The molecular formula is C14H17N5OS. The van der Waals surface area contributed by atoms with Gasteiger partial charge in [0.05, 0.1) is 0 Å². The number of nitrogens with one attached hydrogen (secondary N) is 3. The Morgan fingerprint density at radius 3 is 2.43 bits per heavy atom. The van der Waals surface area contributed by atoms with Gasteiger partial charge in [-0.25, -0.2) is 0 Å². The van der Waals surface area contributed by atoms with E-state index in [1.165, 1.54) is 0 Å². The van der Waals surface area contributed by atoms with Crippen molar-refractivity contribution in [3.63, 3.8) is 0 Å². The lowest BCUT2D eigenvalue weighted by molar-refractivity contribution is -0.124. The van der Waals surface area contributed by atoms with Gasteiger partial charge in [-0.2, -0.15) is 5.26 Å². The Bertz CT molecular complexity index is 589. The molecule has 0 spiro atoms. The lowest BCUT2D eigenvalue weighted by Crippen LogP contribution is -2.42. The van der Waals surface area contributed by atoms with Crippen molar-refractivity contribution in [3.05, 3.63) is 41.7 Å². The van der Waals surface area contributed by atoms with Crippen LogP contribution in [0.1, 0.15) is 13.8 Å². The minimum Gasteiger partial charge on any atom is -0.383 e. The van der Waals surface area contributed by atoms with E-state index in [1.807, 2.05) is 36.4 Å². The van der Waals surface area contributed by atoms with Crippen LogP contribution < -0.4 is 21.9 Å². The van der Waals surface area contributed by atoms with Crippen LogP contribution in [-0.4, -0.2) is 10.9 Å². The highest BCUT2D eigenvalue weighted by atomic mass is 32.1. The summed E-state index contributed by atoms with van der Waals surface area (Å²) < 4.78 is 0. The fourth-order valence-corrected chi connectivity index (χ4v) is 1.56. The minimum atomic E-state index is -0.239. The average molecular weight is 303 g/mol. The van der Waals surface area contributed by atoms with E-state index in [2.05, 4.69) is 16.2 Å². The maximum Gasteiger partial charge on any atom is 0.240 e. The maximum atomic E-state index is 11.4. The zero-order valence-corrected chi connectivity index (χ0v) is 12.6. The molecule has 1 rings (SSSR count). The average Bonchev–Trinajstić information content (AvgIpc) is 2.46. The van der Waals surface area contributed by atoms with E-state index in [0.717, 1.165) is 5.69 Å². The van der Waals surface area contributed by atoms with E-state index in [0.29, 0.717) is 0 Å². The Morgan fingerprint density at radius 1 is 1.29 bits per heavy atom. The molecule has 0 atom stereocenters. The summed E-state index contributed by atoms with van der Waals surface area (Å²) in [6.07, 6.45) is 0. The molecule has 1 amide bonds. The van der Waals surface area contributed by atoms with Gasteiger partial charge in [0.2, 0.25) is 5.91 Å². The van der Waals surface area contributed by atoms with Crippen LogP contribution >= 0.6 is 12.2 Å². The molecule has 0 heterocycles. The highest BCUT2D eigenvalue weighted by Gasteiger charge is 2.12. The summed E-state index contributed by atoms with van der Waals surface area (Å²) in [4.78, 5) is 11.6. The summed E-state index contributed by atoms with van der Waals surface area (Å²) >= 11 is 5.14. The van der Waals surface area contributed by atoms with Crippen LogP contribution in [0.15, 0.2) is 41.7 Å². The van der Waals surface area contributed by atoms with Crippen molar-refractivity contribution in [1.29, 1.82) is 5.26 Å². The van der Waals surface area contributed by atoms with Gasteiger partial charge >= 0.3 is 0 Å². The van der Waals surface area contributed by atoms with Crippen molar-refractivity contribution < 1.29 is 4.79 Å². The molecule has 0 aromatic heterocycles. The fourth-order valence-electron chi connectivity index (χ4n) is 1.28. The van der Waals surface area contributed by atoms with E-state index in [9.17, 15) is 4.79 Å². The molecule has 0 saturated carbocycles. The predicted octanol–water partition coefficient (Wildman–Crippen LogP) is 1.40. The van der Waals surface area contributed by atoms with Gasteiger partial charge in [-0.15, -0.1) is 0 Å². The molecule has 6 nitrogen and oxygen atoms in total. The molecule has 7 heteroatoms. The number of carbonyl (C=O) groups excluding carboxylic acids is 1. The molecule has 0 bridgehead atoms. The third-order valence-electron chi connectivity index (χ3n) is 2.48. The third-order valence-corrected chi connectivity index (χ3v) is 2.79. The minimum absolute atomic E-state index is 0.0140. The van der Waals surface area contributed by atoms with Crippen molar-refractivity contribution in [2.75, 3.05) is 5.32 Å². The second-order valence-corrected chi connectivity index (χ2v) is 4.90. The number of amides is 1. The van der Waals surface area contributed by atoms with E-state index >= 15 is 0 Å². The summed E-state index contributed by atoms with van der Waals surface area (Å²) in [5.74, 6) is -0.456. The first-order valence-electron chi connectivity index (χ1n) is 6.27. The molecule has 1 aromatic carbocycles. The number of thiocarbonyl (C=S) groups is 1. The number of benzene rings is 1. The van der Waals surface area contributed by atoms with Crippen LogP contribution in [0, 0.1) is 17.2 Å². The zero-order chi connectivity index (χ0) is 15.8. The number of carbonyl (C=O) groups is 1. The van der Waals surface area contributed by atoms with Gasteiger partial charge in [0, 0.05) is 11.6 Å². The number of nitriles is 1. The number of hydrogen-bond acceptors (Lipinski definition) is 5. The van der Waals surface area contributed by atoms with E-state index in [4.69, 9.17) is 23.2 Å². The van der Waals surface area contributed by atoms with Gasteiger partial charge in [0.1, 0.15) is 22.5 Å². The monoisotopic (exact) mass is 303 g/mol. The number of nitrogens with two attached hydrogens (primary N) is 1. The smallest absolute Gasteiger partial charge is 0.240 e. The lowest BCUT2D eigenvalue weighted by atomic mass is 10.2. The topological polar surface area (TPSA) is 103 Å². The predicted molar refractivity (Wildman–Crippen MR) is 85.6 cm³/mol. The molecule has 0 aliphatic rings. The van der Waals surface area contributed by atoms with E-state index < -0.39 is 0 Å². The first-order chi connectivity index (χ1) is 9.95. The van der Waals surface area contributed by atoms with Crippen LogP contribution in [0.3, 0.4) is 0 Å². The molecular weight excluding hydrogens is 286 g/mol. The lowest BCUT2D eigenvalue weighted by Gasteiger charge is -2.13. The standard InChI is InChI=1S/C14H17N5OS/c1-9(2)13(20)19-18-12(16)11(8-15)14(21)17-10-6-4-3-5-7-10/h3-7,9,18H,16H2,1-2H3,(H,17,21)(H,19,20)/b12-11+. The highest BCUT2D eigenvalue weighted by molar-refractivity contribution is 7.81. The number of nitrogens with zero attached hydrogens (tertiary/aromatic N) is 1. The van der Waals surface area contributed by atoms with Gasteiger partial charge in [-0.05, 0) is 12.1 Å². The maximum absolute atomic E-state index is 11.4. The summed E-state index contributed by atoms with van der Waals surface area (Å²) in [7, 11) is 0. The van der Waals surface area contributed by atoms with Gasteiger partial charge in [-0.1, -0.05) is 44.3 Å². The molecule has 5 N–H and O–H groups in total. The van der Waals surface area contributed by atoms with Crippen LogP contribution in [0.25, 0.3) is 0 Å². The molecule has 0 radical (unpaired) electrons. The Morgan fingerprint density at radius 2 is 1.90 bits per heavy atom. The summed E-state index contributed by atoms with van der Waals surface area (Å²) in [5, 5.41) is 12.1. The molecule has 21 heavy (non-hydrogen) atoms. The van der Waals surface area contributed by atoms with Crippen molar-refractivity contribution in [1.82, 2.24) is 10.9 Å². The number of para-hydroxylation sites is 1. The van der Waals surface area contributed by atoms with Crippen LogP contribution in [0.4, 0.5) is 5.69 Å². The molecule has 0 aliphatic carbocycles. The molecule has 0 saturated heterocycles. The largest absolute Gasteiger partial charge is 0.383 e. The third kappa shape index (κ3) is 5.12. The fraction of sp³-hybridized carbons (Fsp3) is 0.214. The van der Waals surface area contributed by atoms with Gasteiger partial charge in [-0.3, -0.25) is 15.6 Å². The van der Waals surface area contributed by atoms with Gasteiger partial charge in [0.15, 0.2) is 0 Å². The Balaban J connectivity index is 2.76. The van der Waals surface area contributed by atoms with Crippen molar-refractivity contribution in [3.8, 4) is 6.07 Å². The van der Waals surface area contributed by atoms with E-state index in [1.54, 1.807) is 13.8 Å². The van der Waals surface area contributed by atoms with Crippen LogP contribution in [0.2, 0.25) is 0 Å². The summed E-state index contributed by atoms with van der Waals surface area (Å²) in [6, 6.07) is 11.1. The number of hydrogen-bond donors (Lipinski definition) is 4. The first-order valence-corrected chi connectivity index (χ1v) is 6.68. The second kappa shape index (κ2) is 7.87. The SMILES string of the molecule is CC(C)C(=O)NN/C(N)=C(\C#N)C(=S)Nc1ccccc1. The number of rotatable bonds is 5. The number of hydrazine groups is 1. The number of anilines is 1. The zero-order valence-electron chi connectivity index (χ0n) is 11.8. The van der Waals surface area contributed by atoms with Crippen LogP contribution in [0.5, 0.6) is 0 Å². The summed E-state index contributed by atoms with van der Waals surface area (Å²) in [5.41, 5.74) is 11.4. The molecule has 1 aromatic rings. The quantitative estimate of drug-likeness (QED) is 0.284. The normalized spacial score (nSPS) is 11.1. The van der Waals surface area contributed by atoms with E-state index in [-0.39, 0.29) is 28.2 Å². The molecule has 0 unspecified atom stereocenters. The first kappa shape index (κ1) is 16.5. The van der Waals surface area contributed by atoms with Gasteiger partial charge < -0.3 is 11.1 Å². The van der Waals surface area contributed by atoms with Crippen molar-refractivity contribution >= 4 is 28.8 Å². The Kier molecular flexibility index (Phi) is 6.17. The Hall–Kier alpha value is -2.59. The summed E-state index contributed by atoms with van der Waals surface area (Å²) in [6.45, 7) is 3.48. The highest BCUT2D eigenvalue weighted by Crippen LogP contribution is 2.09. The van der Waals surface area contributed by atoms with Crippen molar-refractivity contribution in [2.45, 2.75) is 13.8 Å². The molecule has 110 valence electrons. The molecule has 0 aliphatic heterocycles. The van der Waals surface area contributed by atoms with Gasteiger partial charge in [0.25, 0.3) is 0 Å². The van der Waals surface area contributed by atoms with Crippen molar-refractivity contribution in [2.24, 2.45) is 11.7 Å². The molecule has 0 fully saturated rings. The Labute approximate surface area is 129 Å². The van der Waals surface area contributed by atoms with Crippen LogP contribution in [-0.2, 0) is 4.79 Å².